The third-order valence-corrected chi connectivity index (χ3v) is 4.44. The van der Waals surface area contributed by atoms with Crippen LogP contribution in [0.25, 0.3) is 0 Å². The van der Waals surface area contributed by atoms with Gasteiger partial charge in [0.1, 0.15) is 0 Å². The smallest absolute Gasteiger partial charge is 0.216 e. The molecule has 0 radical (unpaired) electrons. The lowest BCUT2D eigenvalue weighted by Gasteiger charge is -2.25. The van der Waals surface area contributed by atoms with E-state index in [4.69, 9.17) is 32.7 Å². The molecule has 2 rings (SSSR count). The second-order valence-corrected chi connectivity index (χ2v) is 6.27. The van der Waals surface area contributed by atoms with E-state index in [9.17, 15) is 4.79 Å². The number of rotatable bonds is 6. The van der Waals surface area contributed by atoms with Gasteiger partial charge in [0.25, 0.3) is 0 Å². The second-order valence-electron chi connectivity index (χ2n) is 5.45. The standard InChI is InChI=1S/C16H22Cl2N2O3.ClH/c1-11(21)20-5-6-22-10-16-13(9-19-4-7-23-16)12-2-3-14(17)15(18)8-12;/h2-3,8,13,16,19H,4-7,9-10H2,1H3,(H,20,21);1H/t13-,16-;/m0./s1. The van der Waals surface area contributed by atoms with Crippen molar-refractivity contribution in [3.05, 3.63) is 33.8 Å². The third-order valence-electron chi connectivity index (χ3n) is 3.70. The van der Waals surface area contributed by atoms with Crippen LogP contribution in [0.1, 0.15) is 18.4 Å². The van der Waals surface area contributed by atoms with Gasteiger partial charge >= 0.3 is 0 Å². The first kappa shape index (κ1) is 21.5. The Morgan fingerprint density at radius 2 is 2.21 bits per heavy atom. The first-order valence-corrected chi connectivity index (χ1v) is 8.43. The molecule has 24 heavy (non-hydrogen) atoms. The Morgan fingerprint density at radius 3 is 2.92 bits per heavy atom. The van der Waals surface area contributed by atoms with Crippen LogP contribution >= 0.6 is 35.6 Å². The van der Waals surface area contributed by atoms with Gasteiger partial charge in [-0.25, -0.2) is 0 Å². The summed E-state index contributed by atoms with van der Waals surface area (Å²) >= 11 is 12.1. The number of halogens is 3. The molecule has 2 N–H and O–H groups in total. The number of carbonyl (C=O) groups excluding carboxylic acids is 1. The molecule has 0 spiro atoms. The van der Waals surface area contributed by atoms with Gasteiger partial charge in [-0.3, -0.25) is 4.79 Å². The van der Waals surface area contributed by atoms with Crippen LogP contribution in [0.3, 0.4) is 0 Å². The Kier molecular flexibility index (Phi) is 9.96. The van der Waals surface area contributed by atoms with Gasteiger partial charge in [-0.1, -0.05) is 29.3 Å². The van der Waals surface area contributed by atoms with E-state index in [-0.39, 0.29) is 30.3 Å². The molecular formula is C16H23Cl3N2O3. The zero-order valence-electron chi connectivity index (χ0n) is 13.5. The molecular weight excluding hydrogens is 375 g/mol. The van der Waals surface area contributed by atoms with Crippen LogP contribution in [-0.4, -0.2) is 51.5 Å². The first-order chi connectivity index (χ1) is 11.1. The average Bonchev–Trinajstić information content (AvgIpc) is 2.75. The largest absolute Gasteiger partial charge is 0.377 e. The summed E-state index contributed by atoms with van der Waals surface area (Å²) in [7, 11) is 0. The summed E-state index contributed by atoms with van der Waals surface area (Å²) in [5.41, 5.74) is 1.07. The molecule has 1 aromatic rings. The lowest BCUT2D eigenvalue weighted by molar-refractivity contribution is -0.119. The number of nitrogens with one attached hydrogen (secondary N) is 2. The van der Waals surface area contributed by atoms with Crippen molar-refractivity contribution in [2.45, 2.75) is 18.9 Å². The molecule has 8 heteroatoms. The van der Waals surface area contributed by atoms with Gasteiger partial charge in [0.05, 0.1) is 36.0 Å². The van der Waals surface area contributed by atoms with E-state index < -0.39 is 0 Å². The summed E-state index contributed by atoms with van der Waals surface area (Å²) in [5, 5.41) is 7.15. The maximum atomic E-state index is 10.8. The molecule has 1 aliphatic heterocycles. The highest BCUT2D eigenvalue weighted by molar-refractivity contribution is 6.42. The zero-order valence-corrected chi connectivity index (χ0v) is 15.8. The van der Waals surface area contributed by atoms with Gasteiger partial charge in [0, 0.05) is 32.5 Å². The van der Waals surface area contributed by atoms with Gasteiger partial charge in [0.15, 0.2) is 0 Å². The van der Waals surface area contributed by atoms with E-state index >= 15 is 0 Å². The summed E-state index contributed by atoms with van der Waals surface area (Å²) in [6.07, 6.45) is -0.0698. The molecule has 1 aromatic carbocycles. The summed E-state index contributed by atoms with van der Waals surface area (Å²) in [6, 6.07) is 5.66. The molecule has 0 bridgehead atoms. The Balaban J connectivity index is 0.00000288. The molecule has 5 nitrogen and oxygen atoms in total. The minimum atomic E-state index is -0.0698. The van der Waals surface area contributed by atoms with Crippen molar-refractivity contribution < 1.29 is 14.3 Å². The van der Waals surface area contributed by atoms with Crippen molar-refractivity contribution in [3.8, 4) is 0 Å². The number of amides is 1. The number of ether oxygens (including phenoxy) is 2. The van der Waals surface area contributed by atoms with Crippen molar-refractivity contribution >= 4 is 41.5 Å². The van der Waals surface area contributed by atoms with Crippen molar-refractivity contribution in [3.63, 3.8) is 0 Å². The minimum Gasteiger partial charge on any atom is -0.377 e. The minimum absolute atomic E-state index is 0. The van der Waals surface area contributed by atoms with Crippen molar-refractivity contribution in [1.82, 2.24) is 10.6 Å². The molecule has 136 valence electrons. The molecule has 0 unspecified atom stereocenters. The highest BCUT2D eigenvalue weighted by Gasteiger charge is 2.26. The number of hydrogen-bond acceptors (Lipinski definition) is 4. The van der Waals surface area contributed by atoms with Gasteiger partial charge in [0.2, 0.25) is 5.91 Å². The first-order valence-electron chi connectivity index (χ1n) is 7.67. The second kappa shape index (κ2) is 11.1. The van der Waals surface area contributed by atoms with E-state index in [1.54, 1.807) is 6.07 Å². The van der Waals surface area contributed by atoms with Crippen LogP contribution in [0.2, 0.25) is 10.0 Å². The van der Waals surface area contributed by atoms with Gasteiger partial charge in [-0.2, -0.15) is 0 Å². The molecule has 2 atom stereocenters. The maximum Gasteiger partial charge on any atom is 0.216 e. The van der Waals surface area contributed by atoms with Crippen molar-refractivity contribution in [1.29, 1.82) is 0 Å². The fourth-order valence-corrected chi connectivity index (χ4v) is 2.83. The lowest BCUT2D eigenvalue weighted by atomic mass is 9.93. The number of benzene rings is 1. The molecule has 1 aliphatic rings. The summed E-state index contributed by atoms with van der Waals surface area (Å²) in [4.78, 5) is 10.8. The van der Waals surface area contributed by atoms with Crippen LogP contribution in [-0.2, 0) is 14.3 Å². The lowest BCUT2D eigenvalue weighted by Crippen LogP contribution is -2.32. The van der Waals surface area contributed by atoms with Gasteiger partial charge < -0.3 is 20.1 Å². The molecule has 1 amide bonds. The van der Waals surface area contributed by atoms with E-state index in [1.807, 2.05) is 12.1 Å². The molecule has 0 aliphatic carbocycles. The topological polar surface area (TPSA) is 59.6 Å². The van der Waals surface area contributed by atoms with Crippen LogP contribution in [0, 0.1) is 0 Å². The summed E-state index contributed by atoms with van der Waals surface area (Å²) in [5.74, 6) is 0.0743. The normalized spacial score (nSPS) is 20.8. The van der Waals surface area contributed by atoms with Crippen molar-refractivity contribution in [2.24, 2.45) is 0 Å². The molecule has 0 saturated carbocycles. The van der Waals surface area contributed by atoms with Crippen LogP contribution in [0.15, 0.2) is 18.2 Å². The summed E-state index contributed by atoms with van der Waals surface area (Å²) < 4.78 is 11.6. The van der Waals surface area contributed by atoms with Crippen LogP contribution in [0.4, 0.5) is 0 Å². The van der Waals surface area contributed by atoms with Crippen LogP contribution in [0.5, 0.6) is 0 Å². The zero-order chi connectivity index (χ0) is 16.7. The third kappa shape index (κ3) is 6.75. The highest BCUT2D eigenvalue weighted by atomic mass is 35.5. The SMILES string of the molecule is CC(=O)NCCOC[C@@H]1OCCNC[C@H]1c1ccc(Cl)c(Cl)c1.Cl. The Labute approximate surface area is 158 Å². The fourth-order valence-electron chi connectivity index (χ4n) is 2.53. The molecule has 0 aromatic heterocycles. The molecule has 1 fully saturated rings. The van der Waals surface area contributed by atoms with Crippen molar-refractivity contribution in [2.75, 3.05) is 39.5 Å². The van der Waals surface area contributed by atoms with Gasteiger partial charge in [-0.15, -0.1) is 12.4 Å². The predicted molar refractivity (Wildman–Crippen MR) is 98.6 cm³/mol. The number of carbonyl (C=O) groups is 1. The Bertz CT molecular complexity index is 531. The number of hydrogen-bond donors (Lipinski definition) is 2. The monoisotopic (exact) mass is 396 g/mol. The van der Waals surface area contributed by atoms with E-state index in [2.05, 4.69) is 10.6 Å². The quantitative estimate of drug-likeness (QED) is 0.725. The highest BCUT2D eigenvalue weighted by Crippen LogP contribution is 2.29. The summed E-state index contributed by atoms with van der Waals surface area (Å²) in [6.45, 7) is 5.14. The van der Waals surface area contributed by atoms with E-state index in [1.165, 1.54) is 6.92 Å². The predicted octanol–water partition coefficient (Wildman–Crippen LogP) is 2.64. The van der Waals surface area contributed by atoms with E-state index in [0.717, 1.165) is 18.7 Å². The molecule has 1 heterocycles. The average molecular weight is 398 g/mol. The van der Waals surface area contributed by atoms with Gasteiger partial charge in [-0.05, 0) is 17.7 Å². The Morgan fingerprint density at radius 1 is 1.42 bits per heavy atom. The fraction of sp³-hybridized carbons (Fsp3) is 0.562. The Hall–Kier alpha value is -0.560. The van der Waals surface area contributed by atoms with E-state index in [0.29, 0.717) is 36.4 Å². The maximum absolute atomic E-state index is 10.8. The molecule has 1 saturated heterocycles. The van der Waals surface area contributed by atoms with Crippen LogP contribution < -0.4 is 10.6 Å².